The van der Waals surface area contributed by atoms with E-state index in [1.165, 1.54) is 0 Å². The van der Waals surface area contributed by atoms with Crippen LogP contribution in [-0.2, 0) is 11.2 Å². The zero-order valence-corrected chi connectivity index (χ0v) is 8.95. The Kier molecular flexibility index (Phi) is 3.74. The Hall–Kier alpha value is -1.25. The predicted octanol–water partition coefficient (Wildman–Crippen LogP) is 2.12. The van der Waals surface area contributed by atoms with Gasteiger partial charge in [-0.05, 0) is 6.07 Å². The van der Waals surface area contributed by atoms with Gasteiger partial charge in [0.1, 0.15) is 11.6 Å². The Balaban J connectivity index is 2.78. The second kappa shape index (κ2) is 4.84. The summed E-state index contributed by atoms with van der Waals surface area (Å²) in [5.74, 6) is 1.34. The average Bonchev–Trinajstić information content (AvgIpc) is 2.18. The molecule has 0 unspecified atom stereocenters. The molecule has 76 valence electrons. The van der Waals surface area contributed by atoms with Crippen molar-refractivity contribution in [1.29, 1.82) is 0 Å². The van der Waals surface area contributed by atoms with Gasteiger partial charge in [0.05, 0.1) is 5.69 Å². The fourth-order valence-electron chi connectivity index (χ4n) is 1.12. The first-order valence-corrected chi connectivity index (χ1v) is 4.97. The van der Waals surface area contributed by atoms with Crippen LogP contribution >= 0.6 is 0 Å². The maximum absolute atomic E-state index is 11.2. The lowest BCUT2D eigenvalue weighted by atomic mass is 10.1. The van der Waals surface area contributed by atoms with Crippen molar-refractivity contribution in [3.8, 4) is 0 Å². The Morgan fingerprint density at radius 3 is 2.79 bits per heavy atom. The lowest BCUT2D eigenvalue weighted by Gasteiger charge is -2.04. The number of aromatic nitrogens is 2. The maximum Gasteiger partial charge on any atom is 0.138 e. The van der Waals surface area contributed by atoms with Gasteiger partial charge in [-0.25, -0.2) is 9.97 Å². The van der Waals surface area contributed by atoms with Gasteiger partial charge in [0.25, 0.3) is 0 Å². The minimum Gasteiger partial charge on any atom is -0.299 e. The van der Waals surface area contributed by atoms with Gasteiger partial charge in [-0.2, -0.15) is 0 Å². The number of nitrogens with zero attached hydrogens (tertiary/aromatic N) is 2. The van der Waals surface area contributed by atoms with Crippen molar-refractivity contribution >= 4 is 5.78 Å². The van der Waals surface area contributed by atoms with E-state index in [9.17, 15) is 4.79 Å². The van der Waals surface area contributed by atoms with Crippen LogP contribution < -0.4 is 0 Å². The molecule has 1 aromatic heterocycles. The standard InChI is InChI=1S/C11H16N2O/c1-4-10(14)7-9-5-6-12-11(13-9)8(2)3/h5-6,8H,4,7H2,1-3H3. The first-order chi connectivity index (χ1) is 6.63. The first kappa shape index (κ1) is 10.8. The van der Waals surface area contributed by atoms with Crippen molar-refractivity contribution in [3.63, 3.8) is 0 Å². The topological polar surface area (TPSA) is 42.9 Å². The molecule has 3 nitrogen and oxygen atoms in total. The molecular weight excluding hydrogens is 176 g/mol. The highest BCUT2D eigenvalue weighted by Gasteiger charge is 2.06. The van der Waals surface area contributed by atoms with Crippen LogP contribution in [0.15, 0.2) is 12.3 Å². The van der Waals surface area contributed by atoms with Gasteiger partial charge in [-0.1, -0.05) is 20.8 Å². The largest absolute Gasteiger partial charge is 0.299 e. The highest BCUT2D eigenvalue weighted by Crippen LogP contribution is 2.08. The minimum atomic E-state index is 0.221. The van der Waals surface area contributed by atoms with Gasteiger partial charge >= 0.3 is 0 Å². The summed E-state index contributed by atoms with van der Waals surface area (Å²) in [7, 11) is 0. The smallest absolute Gasteiger partial charge is 0.138 e. The molecule has 0 bridgehead atoms. The number of rotatable bonds is 4. The molecule has 1 heterocycles. The van der Waals surface area contributed by atoms with Crippen LogP contribution in [0, 0.1) is 0 Å². The van der Waals surface area contributed by atoms with E-state index < -0.39 is 0 Å². The van der Waals surface area contributed by atoms with E-state index >= 15 is 0 Å². The summed E-state index contributed by atoms with van der Waals surface area (Å²) < 4.78 is 0. The number of carbonyl (C=O) groups is 1. The fourth-order valence-corrected chi connectivity index (χ4v) is 1.12. The Morgan fingerprint density at radius 1 is 1.50 bits per heavy atom. The van der Waals surface area contributed by atoms with E-state index in [4.69, 9.17) is 0 Å². The van der Waals surface area contributed by atoms with Crippen LogP contribution in [0.4, 0.5) is 0 Å². The molecule has 0 aliphatic rings. The molecule has 0 fully saturated rings. The van der Waals surface area contributed by atoms with Gasteiger partial charge < -0.3 is 0 Å². The van der Waals surface area contributed by atoms with Crippen LogP contribution in [-0.4, -0.2) is 15.8 Å². The van der Waals surface area contributed by atoms with Crippen LogP contribution in [0.1, 0.15) is 44.6 Å². The number of Topliss-reactive ketones (excluding diaryl/α,β-unsaturated/α-hetero) is 1. The molecule has 0 radical (unpaired) electrons. The summed E-state index contributed by atoms with van der Waals surface area (Å²) in [4.78, 5) is 19.7. The van der Waals surface area contributed by atoms with Crippen molar-refractivity contribution in [2.75, 3.05) is 0 Å². The Morgan fingerprint density at radius 2 is 2.21 bits per heavy atom. The van der Waals surface area contributed by atoms with Gasteiger partial charge in [-0.15, -0.1) is 0 Å². The maximum atomic E-state index is 11.2. The second-order valence-electron chi connectivity index (χ2n) is 3.63. The van der Waals surface area contributed by atoms with Crippen molar-refractivity contribution in [3.05, 3.63) is 23.8 Å². The number of carbonyl (C=O) groups excluding carboxylic acids is 1. The molecule has 0 spiro atoms. The van der Waals surface area contributed by atoms with Gasteiger partial charge in [0, 0.05) is 25.0 Å². The van der Waals surface area contributed by atoms with Crippen molar-refractivity contribution in [1.82, 2.24) is 9.97 Å². The molecule has 1 aromatic rings. The quantitative estimate of drug-likeness (QED) is 0.733. The summed E-state index contributed by atoms with van der Waals surface area (Å²) in [6.07, 6.45) is 2.72. The fraction of sp³-hybridized carbons (Fsp3) is 0.545. The number of hydrogen-bond donors (Lipinski definition) is 0. The first-order valence-electron chi connectivity index (χ1n) is 4.97. The lowest BCUT2D eigenvalue weighted by molar-refractivity contribution is -0.118. The average molecular weight is 192 g/mol. The second-order valence-corrected chi connectivity index (χ2v) is 3.63. The summed E-state index contributed by atoms with van der Waals surface area (Å²) >= 11 is 0. The van der Waals surface area contributed by atoms with E-state index in [1.807, 2.05) is 20.8 Å². The molecule has 0 aliphatic carbocycles. The normalized spacial score (nSPS) is 10.6. The van der Waals surface area contributed by atoms with Gasteiger partial charge in [0.15, 0.2) is 0 Å². The van der Waals surface area contributed by atoms with E-state index in [0.717, 1.165) is 11.5 Å². The molecule has 0 atom stereocenters. The van der Waals surface area contributed by atoms with E-state index in [0.29, 0.717) is 18.8 Å². The summed E-state index contributed by atoms with van der Waals surface area (Å²) in [6.45, 7) is 5.95. The van der Waals surface area contributed by atoms with Crippen molar-refractivity contribution in [2.24, 2.45) is 0 Å². The Bertz CT molecular complexity index is 321. The van der Waals surface area contributed by atoms with Crippen molar-refractivity contribution < 1.29 is 4.79 Å². The summed E-state index contributed by atoms with van der Waals surface area (Å²) in [5, 5.41) is 0. The van der Waals surface area contributed by atoms with Gasteiger partial charge in [0.2, 0.25) is 0 Å². The van der Waals surface area contributed by atoms with Crippen LogP contribution in [0.2, 0.25) is 0 Å². The monoisotopic (exact) mass is 192 g/mol. The molecule has 0 aliphatic heterocycles. The van der Waals surface area contributed by atoms with Crippen LogP contribution in [0.3, 0.4) is 0 Å². The SMILES string of the molecule is CCC(=O)Cc1ccnc(C(C)C)n1. The summed E-state index contributed by atoms with van der Waals surface area (Å²) in [6, 6.07) is 1.80. The molecule has 1 rings (SSSR count). The van der Waals surface area contributed by atoms with Gasteiger partial charge in [-0.3, -0.25) is 4.79 Å². The van der Waals surface area contributed by atoms with E-state index in [2.05, 4.69) is 9.97 Å². The zero-order chi connectivity index (χ0) is 10.6. The van der Waals surface area contributed by atoms with E-state index in [1.54, 1.807) is 12.3 Å². The van der Waals surface area contributed by atoms with E-state index in [-0.39, 0.29) is 5.78 Å². The third-order valence-electron chi connectivity index (χ3n) is 2.02. The third kappa shape index (κ3) is 2.91. The summed E-state index contributed by atoms with van der Waals surface area (Å²) in [5.41, 5.74) is 0.829. The highest BCUT2D eigenvalue weighted by molar-refractivity contribution is 5.80. The number of hydrogen-bond acceptors (Lipinski definition) is 3. The third-order valence-corrected chi connectivity index (χ3v) is 2.02. The van der Waals surface area contributed by atoms with Crippen molar-refractivity contribution in [2.45, 2.75) is 39.5 Å². The molecule has 0 aromatic carbocycles. The van der Waals surface area contributed by atoms with Crippen LogP contribution in [0.5, 0.6) is 0 Å². The highest BCUT2D eigenvalue weighted by atomic mass is 16.1. The van der Waals surface area contributed by atoms with Crippen LogP contribution in [0.25, 0.3) is 0 Å². The number of ketones is 1. The zero-order valence-electron chi connectivity index (χ0n) is 8.95. The predicted molar refractivity (Wildman–Crippen MR) is 55.1 cm³/mol. The molecule has 0 amide bonds. The molecule has 0 N–H and O–H groups in total. The molecule has 0 saturated heterocycles. The molecular formula is C11H16N2O. The molecule has 14 heavy (non-hydrogen) atoms. The minimum absolute atomic E-state index is 0.221. The Labute approximate surface area is 84.6 Å². The lowest BCUT2D eigenvalue weighted by Crippen LogP contribution is -2.06. The molecule has 3 heteroatoms. The molecule has 0 saturated carbocycles.